The fraction of sp³-hybridized carbons (Fsp3) is 0.500. The summed E-state index contributed by atoms with van der Waals surface area (Å²) in [6, 6.07) is 4.30. The Morgan fingerprint density at radius 3 is 2.47 bits per heavy atom. The van der Waals surface area contributed by atoms with Gasteiger partial charge in [-0.3, -0.25) is 9.78 Å². The van der Waals surface area contributed by atoms with Crippen LogP contribution in [0.25, 0.3) is 0 Å². The first-order valence-corrected chi connectivity index (χ1v) is 5.43. The lowest BCUT2D eigenvalue weighted by molar-refractivity contribution is 0.0690. The zero-order chi connectivity index (χ0) is 10.8. The molecule has 0 bridgehead atoms. The molecule has 1 aliphatic carbocycles. The van der Waals surface area contributed by atoms with Gasteiger partial charge in [0.25, 0.3) is 5.91 Å². The summed E-state index contributed by atoms with van der Waals surface area (Å²) in [7, 11) is 0. The molecule has 0 N–H and O–H groups in total. The van der Waals surface area contributed by atoms with Crippen molar-refractivity contribution in [3.05, 3.63) is 30.1 Å². The zero-order valence-corrected chi connectivity index (χ0v) is 9.18. The second-order valence-electron chi connectivity index (χ2n) is 4.27. The summed E-state index contributed by atoms with van der Waals surface area (Å²) in [4.78, 5) is 18.1. The standard InChI is InChI=1S/C12H16N2O/c1-9(2)14(11-3-4-11)12(15)10-5-7-13-8-6-10/h5-9,11H,3-4H2,1-2H3. The molecule has 1 fully saturated rings. The topological polar surface area (TPSA) is 33.2 Å². The van der Waals surface area contributed by atoms with Crippen molar-refractivity contribution in [2.75, 3.05) is 0 Å². The molecule has 0 spiro atoms. The van der Waals surface area contributed by atoms with E-state index >= 15 is 0 Å². The summed E-state index contributed by atoms with van der Waals surface area (Å²) in [5.41, 5.74) is 0.741. The fourth-order valence-electron chi connectivity index (χ4n) is 1.82. The quantitative estimate of drug-likeness (QED) is 0.755. The summed E-state index contributed by atoms with van der Waals surface area (Å²) in [6.07, 6.45) is 5.63. The van der Waals surface area contributed by atoms with Crippen LogP contribution in [0, 0.1) is 0 Å². The Kier molecular flexibility index (Phi) is 2.71. The van der Waals surface area contributed by atoms with Crippen LogP contribution in [0.3, 0.4) is 0 Å². The average molecular weight is 204 g/mol. The first-order chi connectivity index (χ1) is 7.20. The van der Waals surface area contributed by atoms with Crippen LogP contribution in [0.1, 0.15) is 37.0 Å². The number of carbonyl (C=O) groups is 1. The van der Waals surface area contributed by atoms with Gasteiger partial charge in [0.05, 0.1) is 0 Å². The highest BCUT2D eigenvalue weighted by Crippen LogP contribution is 2.29. The van der Waals surface area contributed by atoms with Crippen LogP contribution in [0.4, 0.5) is 0 Å². The molecule has 1 heterocycles. The first kappa shape index (κ1) is 10.1. The van der Waals surface area contributed by atoms with Gasteiger partial charge in [-0.2, -0.15) is 0 Å². The van der Waals surface area contributed by atoms with Gasteiger partial charge in [-0.1, -0.05) is 0 Å². The number of aromatic nitrogens is 1. The van der Waals surface area contributed by atoms with E-state index in [-0.39, 0.29) is 11.9 Å². The minimum absolute atomic E-state index is 0.134. The molecule has 1 aromatic rings. The molecule has 1 saturated carbocycles. The Balaban J connectivity index is 2.18. The normalized spacial score (nSPS) is 15.4. The molecule has 15 heavy (non-hydrogen) atoms. The van der Waals surface area contributed by atoms with E-state index in [4.69, 9.17) is 0 Å². The van der Waals surface area contributed by atoms with Crippen LogP contribution < -0.4 is 0 Å². The molecule has 0 unspecified atom stereocenters. The van der Waals surface area contributed by atoms with Crippen molar-refractivity contribution in [1.29, 1.82) is 0 Å². The molecule has 0 aliphatic heterocycles. The highest BCUT2D eigenvalue weighted by atomic mass is 16.2. The second kappa shape index (κ2) is 4.01. The molecule has 0 atom stereocenters. The second-order valence-corrected chi connectivity index (χ2v) is 4.27. The molecule has 3 nitrogen and oxygen atoms in total. The van der Waals surface area contributed by atoms with Crippen LogP contribution in [-0.4, -0.2) is 27.9 Å². The average Bonchev–Trinajstić information content (AvgIpc) is 3.03. The van der Waals surface area contributed by atoms with E-state index in [0.29, 0.717) is 6.04 Å². The number of rotatable bonds is 3. The maximum absolute atomic E-state index is 12.2. The molecule has 0 radical (unpaired) electrons. The van der Waals surface area contributed by atoms with Crippen molar-refractivity contribution >= 4 is 5.91 Å². The van der Waals surface area contributed by atoms with Crippen molar-refractivity contribution in [3.63, 3.8) is 0 Å². The Bertz CT molecular complexity index is 342. The number of pyridine rings is 1. The number of hydrogen-bond donors (Lipinski definition) is 0. The lowest BCUT2D eigenvalue weighted by Gasteiger charge is -2.26. The molecule has 1 amide bonds. The summed E-state index contributed by atoms with van der Waals surface area (Å²) < 4.78 is 0. The Morgan fingerprint density at radius 2 is 2.00 bits per heavy atom. The molecular weight excluding hydrogens is 188 g/mol. The van der Waals surface area contributed by atoms with Gasteiger partial charge in [-0.25, -0.2) is 0 Å². The summed E-state index contributed by atoms with van der Waals surface area (Å²) in [6.45, 7) is 4.13. The first-order valence-electron chi connectivity index (χ1n) is 5.43. The van der Waals surface area contributed by atoms with E-state index in [9.17, 15) is 4.79 Å². The Labute approximate surface area is 90.1 Å². The van der Waals surface area contributed by atoms with Gasteiger partial charge in [0, 0.05) is 30.0 Å². The Morgan fingerprint density at radius 1 is 1.40 bits per heavy atom. The van der Waals surface area contributed by atoms with Crippen molar-refractivity contribution < 1.29 is 4.79 Å². The van der Waals surface area contributed by atoms with E-state index in [2.05, 4.69) is 18.8 Å². The molecule has 0 aromatic carbocycles. The SMILES string of the molecule is CC(C)N(C(=O)c1ccncc1)C1CC1. The minimum atomic E-state index is 0.134. The lowest BCUT2D eigenvalue weighted by atomic mass is 10.2. The predicted octanol–water partition coefficient (Wildman–Crippen LogP) is 2.09. The van der Waals surface area contributed by atoms with Crippen LogP contribution in [0.2, 0.25) is 0 Å². The highest BCUT2D eigenvalue weighted by Gasteiger charge is 2.34. The molecule has 1 aromatic heterocycles. The molecule has 0 saturated heterocycles. The van der Waals surface area contributed by atoms with Gasteiger partial charge in [0.15, 0.2) is 0 Å². The summed E-state index contributed by atoms with van der Waals surface area (Å²) in [5.74, 6) is 0.134. The largest absolute Gasteiger partial charge is 0.333 e. The smallest absolute Gasteiger partial charge is 0.254 e. The number of carbonyl (C=O) groups excluding carboxylic acids is 1. The van der Waals surface area contributed by atoms with E-state index in [1.807, 2.05) is 4.90 Å². The molecule has 3 heteroatoms. The van der Waals surface area contributed by atoms with Gasteiger partial charge in [0.1, 0.15) is 0 Å². The van der Waals surface area contributed by atoms with Crippen molar-refractivity contribution in [2.24, 2.45) is 0 Å². The molecule has 2 rings (SSSR count). The maximum Gasteiger partial charge on any atom is 0.254 e. The van der Waals surface area contributed by atoms with Gasteiger partial charge >= 0.3 is 0 Å². The van der Waals surface area contributed by atoms with Gasteiger partial charge in [-0.05, 0) is 38.8 Å². The Hall–Kier alpha value is -1.38. The monoisotopic (exact) mass is 204 g/mol. The molecule has 1 aliphatic rings. The van der Waals surface area contributed by atoms with Gasteiger partial charge in [0.2, 0.25) is 0 Å². The molecule has 80 valence electrons. The van der Waals surface area contributed by atoms with Crippen LogP contribution >= 0.6 is 0 Å². The zero-order valence-electron chi connectivity index (χ0n) is 9.18. The summed E-state index contributed by atoms with van der Waals surface area (Å²) in [5, 5.41) is 0. The van der Waals surface area contributed by atoms with Crippen molar-refractivity contribution in [2.45, 2.75) is 38.8 Å². The van der Waals surface area contributed by atoms with E-state index in [0.717, 1.165) is 18.4 Å². The third-order valence-corrected chi connectivity index (χ3v) is 2.66. The van der Waals surface area contributed by atoms with E-state index in [1.165, 1.54) is 0 Å². The fourth-order valence-corrected chi connectivity index (χ4v) is 1.82. The van der Waals surface area contributed by atoms with Crippen molar-refractivity contribution in [1.82, 2.24) is 9.88 Å². The minimum Gasteiger partial charge on any atom is -0.333 e. The van der Waals surface area contributed by atoms with Gasteiger partial charge < -0.3 is 4.90 Å². The lowest BCUT2D eigenvalue weighted by Crippen LogP contribution is -2.38. The van der Waals surface area contributed by atoms with Crippen LogP contribution in [0.5, 0.6) is 0 Å². The summed E-state index contributed by atoms with van der Waals surface area (Å²) >= 11 is 0. The molecular formula is C12H16N2O. The number of amides is 1. The number of nitrogens with zero attached hydrogens (tertiary/aromatic N) is 2. The van der Waals surface area contributed by atoms with Crippen LogP contribution in [-0.2, 0) is 0 Å². The third kappa shape index (κ3) is 2.17. The van der Waals surface area contributed by atoms with Crippen LogP contribution in [0.15, 0.2) is 24.5 Å². The predicted molar refractivity (Wildman–Crippen MR) is 58.6 cm³/mol. The number of hydrogen-bond acceptors (Lipinski definition) is 2. The van der Waals surface area contributed by atoms with E-state index in [1.54, 1.807) is 24.5 Å². The highest BCUT2D eigenvalue weighted by molar-refractivity contribution is 5.94. The maximum atomic E-state index is 12.2. The van der Waals surface area contributed by atoms with E-state index < -0.39 is 0 Å². The van der Waals surface area contributed by atoms with Gasteiger partial charge in [-0.15, -0.1) is 0 Å². The van der Waals surface area contributed by atoms with Crippen molar-refractivity contribution in [3.8, 4) is 0 Å². The third-order valence-electron chi connectivity index (χ3n) is 2.66.